The number of hydrogen-bond donors (Lipinski definition) is 1. The summed E-state index contributed by atoms with van der Waals surface area (Å²) in [7, 11) is 1.29. The lowest BCUT2D eigenvalue weighted by Gasteiger charge is -2.10. The number of carbonyl (C=O) groups excluding carboxylic acids is 1. The number of aromatic nitrogens is 2. The number of benzene rings is 2. The zero-order chi connectivity index (χ0) is 19.6. The fourth-order valence-electron chi connectivity index (χ4n) is 2.46. The largest absolute Gasteiger partial charge is 0.465 e. The molecule has 0 saturated heterocycles. The van der Waals surface area contributed by atoms with Gasteiger partial charge in [0.15, 0.2) is 0 Å². The molecule has 5 nitrogen and oxygen atoms in total. The minimum absolute atomic E-state index is 0.102. The van der Waals surface area contributed by atoms with Crippen LogP contribution in [0.5, 0.6) is 0 Å². The molecule has 8 heteroatoms. The molecular formula is C19H14F3N3O2. The Morgan fingerprint density at radius 3 is 2.15 bits per heavy atom. The van der Waals surface area contributed by atoms with Crippen molar-refractivity contribution in [3.05, 3.63) is 65.9 Å². The van der Waals surface area contributed by atoms with E-state index in [1.807, 2.05) is 0 Å². The van der Waals surface area contributed by atoms with Gasteiger partial charge in [0.25, 0.3) is 0 Å². The number of alkyl halides is 3. The molecule has 0 radical (unpaired) electrons. The molecule has 0 saturated carbocycles. The van der Waals surface area contributed by atoms with Crippen molar-refractivity contribution in [1.29, 1.82) is 0 Å². The van der Waals surface area contributed by atoms with Crippen LogP contribution in [0.25, 0.3) is 22.5 Å². The molecular weight excluding hydrogens is 359 g/mol. The molecule has 0 amide bonds. The van der Waals surface area contributed by atoms with Crippen LogP contribution in [-0.2, 0) is 10.9 Å². The maximum Gasteiger partial charge on any atom is 0.416 e. The third kappa shape index (κ3) is 3.89. The van der Waals surface area contributed by atoms with E-state index in [9.17, 15) is 18.0 Å². The third-order valence-electron chi connectivity index (χ3n) is 3.89. The molecule has 3 rings (SSSR count). The molecule has 1 heterocycles. The standard InChI is InChI=1S/C19H14F3N3O2/c1-27-18(26)13-4-2-11(3-5-13)15-10-24-17(23)16(25-15)12-6-8-14(9-7-12)19(20,21)22/h2-10H,1H3,(H2,23,24). The highest BCUT2D eigenvalue weighted by Crippen LogP contribution is 2.32. The van der Waals surface area contributed by atoms with Crippen LogP contribution in [0.4, 0.5) is 19.0 Å². The molecule has 0 aliphatic carbocycles. The lowest BCUT2D eigenvalue weighted by molar-refractivity contribution is -0.137. The summed E-state index contributed by atoms with van der Waals surface area (Å²) in [5.41, 5.74) is 7.30. The van der Waals surface area contributed by atoms with Crippen molar-refractivity contribution in [3.8, 4) is 22.5 Å². The van der Waals surface area contributed by atoms with E-state index < -0.39 is 17.7 Å². The summed E-state index contributed by atoms with van der Waals surface area (Å²) in [6.45, 7) is 0. The average Bonchev–Trinajstić information content (AvgIpc) is 2.67. The maximum absolute atomic E-state index is 12.7. The van der Waals surface area contributed by atoms with Gasteiger partial charge < -0.3 is 10.5 Å². The van der Waals surface area contributed by atoms with Crippen molar-refractivity contribution in [1.82, 2.24) is 9.97 Å². The number of nitrogen functional groups attached to an aromatic ring is 1. The van der Waals surface area contributed by atoms with Gasteiger partial charge in [-0.25, -0.2) is 14.8 Å². The first-order chi connectivity index (χ1) is 12.8. The summed E-state index contributed by atoms with van der Waals surface area (Å²) in [5, 5.41) is 0. The number of esters is 1. The van der Waals surface area contributed by atoms with E-state index in [2.05, 4.69) is 14.7 Å². The first-order valence-corrected chi connectivity index (χ1v) is 7.78. The second-order valence-electron chi connectivity index (χ2n) is 5.63. The number of anilines is 1. The predicted octanol–water partition coefficient (Wildman–Crippen LogP) is 4.20. The van der Waals surface area contributed by atoms with Crippen LogP contribution >= 0.6 is 0 Å². The lowest BCUT2D eigenvalue weighted by Crippen LogP contribution is -2.04. The second kappa shape index (κ2) is 7.06. The van der Waals surface area contributed by atoms with Crippen molar-refractivity contribution in [3.63, 3.8) is 0 Å². The van der Waals surface area contributed by atoms with Crippen LogP contribution in [0.2, 0.25) is 0 Å². The van der Waals surface area contributed by atoms with Gasteiger partial charge in [0.1, 0.15) is 11.5 Å². The first kappa shape index (κ1) is 18.4. The van der Waals surface area contributed by atoms with Gasteiger partial charge in [-0.15, -0.1) is 0 Å². The number of rotatable bonds is 3. The number of hydrogen-bond acceptors (Lipinski definition) is 5. The van der Waals surface area contributed by atoms with E-state index in [1.54, 1.807) is 24.3 Å². The second-order valence-corrected chi connectivity index (χ2v) is 5.63. The summed E-state index contributed by atoms with van der Waals surface area (Å²) in [6.07, 6.45) is -2.96. The Hall–Kier alpha value is -3.42. The van der Waals surface area contributed by atoms with E-state index in [4.69, 9.17) is 5.73 Å². The Balaban J connectivity index is 1.96. The fraction of sp³-hybridized carbons (Fsp3) is 0.105. The normalized spacial score (nSPS) is 11.3. The van der Waals surface area contributed by atoms with Crippen molar-refractivity contribution >= 4 is 11.8 Å². The number of carbonyl (C=O) groups is 1. The highest BCUT2D eigenvalue weighted by molar-refractivity contribution is 5.89. The summed E-state index contributed by atoms with van der Waals surface area (Å²) in [5.74, 6) is -0.361. The van der Waals surface area contributed by atoms with Gasteiger partial charge in [0.05, 0.1) is 30.1 Å². The van der Waals surface area contributed by atoms with Crippen LogP contribution in [0.1, 0.15) is 15.9 Å². The number of halogens is 3. The minimum Gasteiger partial charge on any atom is -0.465 e. The molecule has 0 bridgehead atoms. The van der Waals surface area contributed by atoms with Crippen molar-refractivity contribution < 1.29 is 22.7 Å². The summed E-state index contributed by atoms with van der Waals surface area (Å²) >= 11 is 0. The zero-order valence-electron chi connectivity index (χ0n) is 14.1. The van der Waals surface area contributed by atoms with Crippen LogP contribution in [0, 0.1) is 0 Å². The number of methoxy groups -OCH3 is 1. The summed E-state index contributed by atoms with van der Waals surface area (Å²) < 4.78 is 42.8. The SMILES string of the molecule is COC(=O)c1ccc(-c2cnc(N)c(-c3ccc(C(F)(F)F)cc3)n2)cc1. The van der Waals surface area contributed by atoms with Gasteiger partial charge in [-0.3, -0.25) is 0 Å². The Morgan fingerprint density at radius 2 is 1.59 bits per heavy atom. The number of nitrogens with two attached hydrogens (primary N) is 1. The molecule has 0 unspecified atom stereocenters. The van der Waals surface area contributed by atoms with Crippen molar-refractivity contribution in [2.24, 2.45) is 0 Å². The van der Waals surface area contributed by atoms with Crippen LogP contribution < -0.4 is 5.73 Å². The summed E-state index contributed by atoms with van der Waals surface area (Å²) in [4.78, 5) is 20.0. The zero-order valence-corrected chi connectivity index (χ0v) is 14.1. The average molecular weight is 373 g/mol. The molecule has 0 aliphatic heterocycles. The quantitative estimate of drug-likeness (QED) is 0.696. The van der Waals surface area contributed by atoms with Gasteiger partial charge in [-0.2, -0.15) is 13.2 Å². The molecule has 0 fully saturated rings. The van der Waals surface area contributed by atoms with Crippen LogP contribution in [0.3, 0.4) is 0 Å². The number of ether oxygens (including phenoxy) is 1. The lowest BCUT2D eigenvalue weighted by atomic mass is 10.1. The Kier molecular flexibility index (Phi) is 4.81. The van der Waals surface area contributed by atoms with Crippen LogP contribution in [0.15, 0.2) is 54.7 Å². The first-order valence-electron chi connectivity index (χ1n) is 7.78. The molecule has 3 aromatic rings. The Bertz CT molecular complexity index is 969. The van der Waals surface area contributed by atoms with E-state index in [0.717, 1.165) is 12.1 Å². The van der Waals surface area contributed by atoms with Crippen molar-refractivity contribution in [2.45, 2.75) is 6.18 Å². The van der Waals surface area contributed by atoms with E-state index in [-0.39, 0.29) is 11.5 Å². The highest BCUT2D eigenvalue weighted by atomic mass is 19.4. The van der Waals surface area contributed by atoms with E-state index in [0.29, 0.717) is 22.4 Å². The highest BCUT2D eigenvalue weighted by Gasteiger charge is 2.30. The topological polar surface area (TPSA) is 78.1 Å². The van der Waals surface area contributed by atoms with E-state index in [1.165, 1.54) is 25.4 Å². The van der Waals surface area contributed by atoms with Crippen LogP contribution in [-0.4, -0.2) is 23.0 Å². The molecule has 2 aromatic carbocycles. The Labute approximate surface area is 152 Å². The molecule has 2 N–H and O–H groups in total. The van der Waals surface area contributed by atoms with Gasteiger partial charge in [-0.05, 0) is 24.3 Å². The maximum atomic E-state index is 12.7. The smallest absolute Gasteiger partial charge is 0.416 e. The summed E-state index contributed by atoms with van der Waals surface area (Å²) in [6, 6.07) is 11.0. The van der Waals surface area contributed by atoms with Gasteiger partial charge >= 0.3 is 12.1 Å². The third-order valence-corrected chi connectivity index (χ3v) is 3.89. The molecule has 0 atom stereocenters. The monoisotopic (exact) mass is 373 g/mol. The fourth-order valence-corrected chi connectivity index (χ4v) is 2.46. The van der Waals surface area contributed by atoms with Crippen molar-refractivity contribution in [2.75, 3.05) is 12.8 Å². The van der Waals surface area contributed by atoms with Gasteiger partial charge in [0.2, 0.25) is 0 Å². The molecule has 0 aliphatic rings. The molecule has 1 aromatic heterocycles. The molecule has 27 heavy (non-hydrogen) atoms. The van der Waals surface area contributed by atoms with E-state index >= 15 is 0 Å². The Morgan fingerprint density at radius 1 is 1.00 bits per heavy atom. The van der Waals surface area contributed by atoms with Gasteiger partial charge in [-0.1, -0.05) is 24.3 Å². The van der Waals surface area contributed by atoms with Gasteiger partial charge in [0, 0.05) is 11.1 Å². The number of nitrogens with zero attached hydrogens (tertiary/aromatic N) is 2. The minimum atomic E-state index is -4.42. The predicted molar refractivity (Wildman–Crippen MR) is 93.7 cm³/mol. The molecule has 138 valence electrons. The molecule has 0 spiro atoms.